The Labute approximate surface area is 96.4 Å². The Bertz CT molecular complexity index is 418. The standard InChI is InChI=1S/C12H11F3O2/c1-8(2-7-11(16)17)9-3-5-10(6-4-9)12(13,14)15/h2-8H,1H3,(H,16,17)/b7-2+. The maximum Gasteiger partial charge on any atom is 0.416 e. The summed E-state index contributed by atoms with van der Waals surface area (Å²) in [5.74, 6) is -1.32. The van der Waals surface area contributed by atoms with E-state index in [2.05, 4.69) is 0 Å². The van der Waals surface area contributed by atoms with E-state index in [-0.39, 0.29) is 5.92 Å². The van der Waals surface area contributed by atoms with E-state index < -0.39 is 17.7 Å². The molecule has 0 aliphatic rings. The molecule has 17 heavy (non-hydrogen) atoms. The van der Waals surface area contributed by atoms with E-state index >= 15 is 0 Å². The molecule has 0 heterocycles. The fourth-order valence-corrected chi connectivity index (χ4v) is 1.31. The van der Waals surface area contributed by atoms with Gasteiger partial charge in [0.25, 0.3) is 0 Å². The highest BCUT2D eigenvalue weighted by atomic mass is 19.4. The average molecular weight is 244 g/mol. The van der Waals surface area contributed by atoms with Gasteiger partial charge in [0.15, 0.2) is 0 Å². The second-order valence-corrected chi connectivity index (χ2v) is 3.61. The highest BCUT2D eigenvalue weighted by Crippen LogP contribution is 2.30. The van der Waals surface area contributed by atoms with Gasteiger partial charge >= 0.3 is 12.1 Å². The molecule has 0 aliphatic carbocycles. The van der Waals surface area contributed by atoms with Gasteiger partial charge in [0.2, 0.25) is 0 Å². The van der Waals surface area contributed by atoms with E-state index in [1.807, 2.05) is 0 Å². The summed E-state index contributed by atoms with van der Waals surface area (Å²) in [6.45, 7) is 1.71. The summed E-state index contributed by atoms with van der Waals surface area (Å²) in [7, 11) is 0. The van der Waals surface area contributed by atoms with Crippen molar-refractivity contribution in [2.45, 2.75) is 19.0 Å². The Hall–Kier alpha value is -1.78. The highest BCUT2D eigenvalue weighted by Gasteiger charge is 2.29. The molecule has 0 aliphatic heterocycles. The zero-order chi connectivity index (χ0) is 13.1. The molecule has 1 atom stereocenters. The summed E-state index contributed by atoms with van der Waals surface area (Å²) in [6.07, 6.45) is -1.95. The monoisotopic (exact) mass is 244 g/mol. The second-order valence-electron chi connectivity index (χ2n) is 3.61. The van der Waals surface area contributed by atoms with Crippen LogP contribution in [0, 0.1) is 0 Å². The van der Waals surface area contributed by atoms with Crippen molar-refractivity contribution in [3.63, 3.8) is 0 Å². The van der Waals surface area contributed by atoms with Crippen LogP contribution in [0.4, 0.5) is 13.2 Å². The van der Waals surface area contributed by atoms with Crippen molar-refractivity contribution in [3.05, 3.63) is 47.5 Å². The largest absolute Gasteiger partial charge is 0.478 e. The van der Waals surface area contributed by atoms with Crippen molar-refractivity contribution >= 4 is 5.97 Å². The van der Waals surface area contributed by atoms with Crippen LogP contribution >= 0.6 is 0 Å². The molecule has 0 radical (unpaired) electrons. The van der Waals surface area contributed by atoms with Crippen LogP contribution in [-0.4, -0.2) is 11.1 Å². The minimum atomic E-state index is -4.35. The lowest BCUT2D eigenvalue weighted by Crippen LogP contribution is -2.04. The van der Waals surface area contributed by atoms with Crippen molar-refractivity contribution < 1.29 is 23.1 Å². The quantitative estimate of drug-likeness (QED) is 0.827. The second kappa shape index (κ2) is 5.03. The molecule has 1 aromatic rings. The molecule has 0 bridgehead atoms. The third-order valence-corrected chi connectivity index (χ3v) is 2.29. The van der Waals surface area contributed by atoms with Gasteiger partial charge in [0.1, 0.15) is 0 Å². The SMILES string of the molecule is CC(/C=C/C(=O)O)c1ccc(C(F)(F)F)cc1. The van der Waals surface area contributed by atoms with Gasteiger partial charge in [-0.05, 0) is 23.6 Å². The molecular formula is C12H11F3O2. The zero-order valence-electron chi connectivity index (χ0n) is 9.03. The third kappa shape index (κ3) is 3.94. The van der Waals surface area contributed by atoms with Crippen LogP contribution in [0.15, 0.2) is 36.4 Å². The van der Waals surface area contributed by atoms with Crippen molar-refractivity contribution in [1.82, 2.24) is 0 Å². The molecule has 1 aromatic carbocycles. The van der Waals surface area contributed by atoms with E-state index in [1.54, 1.807) is 6.92 Å². The van der Waals surface area contributed by atoms with Crippen LogP contribution < -0.4 is 0 Å². The number of carboxylic acids is 1. The van der Waals surface area contributed by atoms with Gasteiger partial charge in [0, 0.05) is 6.08 Å². The molecule has 0 spiro atoms. The van der Waals surface area contributed by atoms with Gasteiger partial charge in [-0.1, -0.05) is 25.1 Å². The Morgan fingerprint density at radius 2 is 1.82 bits per heavy atom. The minimum absolute atomic E-state index is 0.242. The Kier molecular flexibility index (Phi) is 3.93. The number of rotatable bonds is 3. The predicted octanol–water partition coefficient (Wildman–Crippen LogP) is 3.45. The first kappa shape index (κ1) is 13.3. The van der Waals surface area contributed by atoms with E-state index in [9.17, 15) is 18.0 Å². The van der Waals surface area contributed by atoms with Crippen LogP contribution in [-0.2, 0) is 11.0 Å². The van der Waals surface area contributed by atoms with Gasteiger partial charge < -0.3 is 5.11 Å². The molecular weight excluding hydrogens is 233 g/mol. The van der Waals surface area contributed by atoms with Crippen LogP contribution in [0.1, 0.15) is 24.0 Å². The number of halogens is 3. The number of carbonyl (C=O) groups is 1. The first-order chi connectivity index (χ1) is 7.80. The lowest BCUT2D eigenvalue weighted by molar-refractivity contribution is -0.137. The fourth-order valence-electron chi connectivity index (χ4n) is 1.31. The number of alkyl halides is 3. The lowest BCUT2D eigenvalue weighted by Gasteiger charge is -2.10. The molecule has 0 aromatic heterocycles. The van der Waals surface area contributed by atoms with Crippen LogP contribution in [0.5, 0.6) is 0 Å². The van der Waals surface area contributed by atoms with Crippen molar-refractivity contribution in [2.24, 2.45) is 0 Å². The molecule has 2 nitrogen and oxygen atoms in total. The van der Waals surface area contributed by atoms with Crippen LogP contribution in [0.3, 0.4) is 0 Å². The number of hydrogen-bond acceptors (Lipinski definition) is 1. The summed E-state index contributed by atoms with van der Waals surface area (Å²) < 4.78 is 36.8. The van der Waals surface area contributed by atoms with Crippen molar-refractivity contribution in [2.75, 3.05) is 0 Å². The van der Waals surface area contributed by atoms with Gasteiger partial charge in [-0.3, -0.25) is 0 Å². The molecule has 1 unspecified atom stereocenters. The minimum Gasteiger partial charge on any atom is -0.478 e. The molecule has 1 rings (SSSR count). The Morgan fingerprint density at radius 3 is 2.24 bits per heavy atom. The topological polar surface area (TPSA) is 37.3 Å². The van der Waals surface area contributed by atoms with Crippen LogP contribution in [0.2, 0.25) is 0 Å². The van der Waals surface area contributed by atoms with Gasteiger partial charge in [0.05, 0.1) is 5.56 Å². The first-order valence-electron chi connectivity index (χ1n) is 4.89. The van der Waals surface area contributed by atoms with Crippen molar-refractivity contribution in [3.8, 4) is 0 Å². The first-order valence-corrected chi connectivity index (χ1v) is 4.89. The molecule has 0 saturated heterocycles. The molecule has 0 fully saturated rings. The molecule has 0 saturated carbocycles. The fraction of sp³-hybridized carbons (Fsp3) is 0.250. The third-order valence-electron chi connectivity index (χ3n) is 2.29. The summed E-state index contributed by atoms with van der Waals surface area (Å²) in [4.78, 5) is 10.3. The molecule has 1 N–H and O–H groups in total. The van der Waals surface area contributed by atoms with E-state index in [1.165, 1.54) is 18.2 Å². The van der Waals surface area contributed by atoms with E-state index in [4.69, 9.17) is 5.11 Å². The molecule has 0 amide bonds. The lowest BCUT2D eigenvalue weighted by atomic mass is 9.99. The summed E-state index contributed by atoms with van der Waals surface area (Å²) in [6, 6.07) is 4.67. The maximum absolute atomic E-state index is 12.3. The summed E-state index contributed by atoms with van der Waals surface area (Å²) in [5.41, 5.74) is -0.0776. The van der Waals surface area contributed by atoms with Gasteiger partial charge in [-0.2, -0.15) is 13.2 Å². The smallest absolute Gasteiger partial charge is 0.416 e. The number of allylic oxidation sites excluding steroid dienone is 1. The van der Waals surface area contributed by atoms with Crippen molar-refractivity contribution in [1.29, 1.82) is 0 Å². The molecule has 5 heteroatoms. The maximum atomic E-state index is 12.3. The number of carboxylic acid groups (broad SMARTS) is 1. The van der Waals surface area contributed by atoms with Crippen LogP contribution in [0.25, 0.3) is 0 Å². The van der Waals surface area contributed by atoms with E-state index in [0.29, 0.717) is 5.56 Å². The zero-order valence-corrected chi connectivity index (χ0v) is 9.03. The summed E-state index contributed by atoms with van der Waals surface area (Å²) >= 11 is 0. The number of hydrogen-bond donors (Lipinski definition) is 1. The Morgan fingerprint density at radius 1 is 1.29 bits per heavy atom. The Balaban J connectivity index is 2.84. The normalized spacial score (nSPS) is 13.9. The van der Waals surface area contributed by atoms with Gasteiger partial charge in [-0.25, -0.2) is 4.79 Å². The summed E-state index contributed by atoms with van der Waals surface area (Å²) in [5, 5.41) is 8.42. The average Bonchev–Trinajstić information content (AvgIpc) is 2.25. The molecule has 92 valence electrons. The number of benzene rings is 1. The van der Waals surface area contributed by atoms with Gasteiger partial charge in [-0.15, -0.1) is 0 Å². The predicted molar refractivity (Wildman–Crippen MR) is 56.6 cm³/mol. The number of aliphatic carboxylic acids is 1. The highest BCUT2D eigenvalue weighted by molar-refractivity contribution is 5.79. The van der Waals surface area contributed by atoms with E-state index in [0.717, 1.165) is 18.2 Å².